The van der Waals surface area contributed by atoms with E-state index in [-0.39, 0.29) is 11.6 Å². The summed E-state index contributed by atoms with van der Waals surface area (Å²) < 4.78 is 40.4. The Kier molecular flexibility index (Phi) is 4.96. The third-order valence-electron chi connectivity index (χ3n) is 5.77. The van der Waals surface area contributed by atoms with Gasteiger partial charge in [0, 0.05) is 35.8 Å². The van der Waals surface area contributed by atoms with E-state index < -0.39 is 11.9 Å². The van der Waals surface area contributed by atoms with Gasteiger partial charge in [0.25, 0.3) is 5.56 Å². The summed E-state index contributed by atoms with van der Waals surface area (Å²) in [5.74, 6) is 0. The first-order chi connectivity index (χ1) is 15.4. The monoisotopic (exact) mass is 437 g/mol. The van der Waals surface area contributed by atoms with Crippen molar-refractivity contribution in [2.24, 2.45) is 0 Å². The topological polar surface area (TPSA) is 73.6 Å². The summed E-state index contributed by atoms with van der Waals surface area (Å²) in [6.45, 7) is 0. The highest BCUT2D eigenvalue weighted by Crippen LogP contribution is 2.32. The maximum Gasteiger partial charge on any atom is 0.433 e. The number of nitrogens with zero attached hydrogens (tertiary/aromatic N) is 5. The molecular formula is C23H18F3N5O. The van der Waals surface area contributed by atoms with Gasteiger partial charge >= 0.3 is 6.18 Å². The zero-order valence-corrected chi connectivity index (χ0v) is 16.9. The Bertz CT molecular complexity index is 1330. The molecule has 1 aliphatic rings. The van der Waals surface area contributed by atoms with Crippen LogP contribution in [0.4, 0.5) is 13.2 Å². The van der Waals surface area contributed by atoms with Crippen molar-refractivity contribution in [3.05, 3.63) is 71.3 Å². The molecule has 1 fully saturated rings. The molecule has 0 radical (unpaired) electrons. The maximum absolute atomic E-state index is 13.4. The molecule has 162 valence electrons. The molecule has 9 heteroatoms. The minimum atomic E-state index is -4.53. The first-order valence-corrected chi connectivity index (χ1v) is 10.3. The van der Waals surface area contributed by atoms with E-state index >= 15 is 0 Å². The van der Waals surface area contributed by atoms with Crippen LogP contribution in [-0.4, -0.2) is 24.5 Å². The molecule has 32 heavy (non-hydrogen) atoms. The molecule has 5 rings (SSSR count). The number of rotatable bonds is 3. The largest absolute Gasteiger partial charge is 0.433 e. The van der Waals surface area contributed by atoms with Crippen molar-refractivity contribution in [1.82, 2.24) is 24.5 Å². The highest BCUT2D eigenvalue weighted by atomic mass is 19.4. The van der Waals surface area contributed by atoms with Gasteiger partial charge in [-0.3, -0.25) is 19.3 Å². The third kappa shape index (κ3) is 3.63. The van der Waals surface area contributed by atoms with Gasteiger partial charge in [0.2, 0.25) is 0 Å². The van der Waals surface area contributed by atoms with Gasteiger partial charge in [-0.1, -0.05) is 12.8 Å². The van der Waals surface area contributed by atoms with Crippen LogP contribution in [0.3, 0.4) is 0 Å². The van der Waals surface area contributed by atoms with Gasteiger partial charge in [-0.25, -0.2) is 9.97 Å². The summed E-state index contributed by atoms with van der Waals surface area (Å²) in [4.78, 5) is 30.2. The number of hydrogen-bond donors (Lipinski definition) is 0. The highest BCUT2D eigenvalue weighted by molar-refractivity contribution is 5.93. The van der Waals surface area contributed by atoms with Crippen LogP contribution in [0, 0.1) is 0 Å². The Morgan fingerprint density at radius 3 is 2.47 bits per heavy atom. The average Bonchev–Trinajstić information content (AvgIpc) is 3.34. The Hall–Kier alpha value is -3.62. The van der Waals surface area contributed by atoms with Crippen LogP contribution in [0.25, 0.3) is 33.4 Å². The Labute approximate surface area is 180 Å². The number of hydrogen-bond acceptors (Lipinski definition) is 5. The van der Waals surface area contributed by atoms with E-state index in [1.807, 2.05) is 0 Å². The van der Waals surface area contributed by atoms with E-state index in [2.05, 4.69) is 19.9 Å². The molecule has 0 atom stereocenters. The van der Waals surface area contributed by atoms with Crippen molar-refractivity contribution in [2.75, 3.05) is 0 Å². The second-order valence-corrected chi connectivity index (χ2v) is 7.82. The van der Waals surface area contributed by atoms with Crippen molar-refractivity contribution in [3.8, 4) is 22.5 Å². The molecule has 6 nitrogen and oxygen atoms in total. The summed E-state index contributed by atoms with van der Waals surface area (Å²) in [5.41, 5.74) is 1.09. The SMILES string of the molecule is O=c1c2cc(-c3ccc(C(F)(F)F)nc3)nc(-c3cccnc3)c2ncn1C1CCCC1. The van der Waals surface area contributed by atoms with Crippen molar-refractivity contribution in [1.29, 1.82) is 0 Å². The standard InChI is InChI=1S/C23H18F3N5O/c24-23(25,26)19-8-7-14(12-28-19)18-10-17-21(20(30-18)15-4-3-9-27-11-15)29-13-31(22(17)32)16-5-1-2-6-16/h3-4,7-13,16H,1-2,5-6H2. The number of halogens is 3. The van der Waals surface area contributed by atoms with Gasteiger partial charge in [-0.05, 0) is 43.2 Å². The quantitative estimate of drug-likeness (QED) is 0.449. The number of alkyl halides is 3. The molecule has 0 aromatic carbocycles. The van der Waals surface area contributed by atoms with E-state index in [1.165, 1.54) is 6.07 Å². The Balaban J connectivity index is 1.72. The first kappa shape index (κ1) is 20.3. The smallest absolute Gasteiger partial charge is 0.296 e. The van der Waals surface area contributed by atoms with E-state index in [9.17, 15) is 18.0 Å². The molecule has 0 unspecified atom stereocenters. The van der Waals surface area contributed by atoms with Gasteiger partial charge in [-0.2, -0.15) is 13.2 Å². The molecular weight excluding hydrogens is 419 g/mol. The molecule has 1 aliphatic carbocycles. The average molecular weight is 437 g/mol. The summed E-state index contributed by atoms with van der Waals surface area (Å²) in [7, 11) is 0. The lowest BCUT2D eigenvalue weighted by Crippen LogP contribution is -2.24. The lowest BCUT2D eigenvalue weighted by molar-refractivity contribution is -0.141. The fourth-order valence-electron chi connectivity index (χ4n) is 4.15. The summed E-state index contributed by atoms with van der Waals surface area (Å²) in [6, 6.07) is 7.45. The molecule has 0 saturated heterocycles. The molecule has 0 aliphatic heterocycles. The second kappa shape index (κ2) is 7.81. The van der Waals surface area contributed by atoms with Crippen LogP contribution in [-0.2, 0) is 6.18 Å². The second-order valence-electron chi connectivity index (χ2n) is 7.82. The minimum Gasteiger partial charge on any atom is -0.296 e. The molecule has 4 heterocycles. The maximum atomic E-state index is 13.4. The fraction of sp³-hybridized carbons (Fsp3) is 0.261. The van der Waals surface area contributed by atoms with Gasteiger partial charge in [0.15, 0.2) is 0 Å². The lowest BCUT2D eigenvalue weighted by atomic mass is 10.1. The van der Waals surface area contributed by atoms with E-state index in [4.69, 9.17) is 0 Å². The summed E-state index contributed by atoms with van der Waals surface area (Å²) in [5, 5.41) is 0.364. The van der Waals surface area contributed by atoms with E-state index in [0.29, 0.717) is 33.4 Å². The zero-order chi connectivity index (χ0) is 22.3. The summed E-state index contributed by atoms with van der Waals surface area (Å²) in [6.07, 6.45) is 5.36. The minimum absolute atomic E-state index is 0.102. The number of pyridine rings is 3. The molecule has 0 amide bonds. The van der Waals surface area contributed by atoms with Gasteiger partial charge in [0.05, 0.1) is 23.1 Å². The van der Waals surface area contributed by atoms with Crippen molar-refractivity contribution >= 4 is 10.9 Å². The van der Waals surface area contributed by atoms with Crippen LogP contribution < -0.4 is 5.56 Å². The normalized spacial score (nSPS) is 14.8. The Morgan fingerprint density at radius 1 is 1.00 bits per heavy atom. The molecule has 0 N–H and O–H groups in total. The van der Waals surface area contributed by atoms with Crippen molar-refractivity contribution < 1.29 is 13.2 Å². The predicted molar refractivity (Wildman–Crippen MR) is 113 cm³/mol. The van der Waals surface area contributed by atoms with E-state index in [0.717, 1.165) is 37.9 Å². The van der Waals surface area contributed by atoms with Crippen LogP contribution >= 0.6 is 0 Å². The van der Waals surface area contributed by atoms with Crippen molar-refractivity contribution in [3.63, 3.8) is 0 Å². The number of fused-ring (bicyclic) bond motifs is 1. The molecule has 0 spiro atoms. The van der Waals surface area contributed by atoms with Crippen LogP contribution in [0.15, 0.2) is 60.0 Å². The molecule has 4 aromatic rings. The van der Waals surface area contributed by atoms with Crippen LogP contribution in [0.2, 0.25) is 0 Å². The van der Waals surface area contributed by atoms with Crippen molar-refractivity contribution in [2.45, 2.75) is 37.9 Å². The van der Waals surface area contributed by atoms with Crippen LogP contribution in [0.1, 0.15) is 37.4 Å². The molecule has 0 bridgehead atoms. The fourth-order valence-corrected chi connectivity index (χ4v) is 4.15. The van der Waals surface area contributed by atoms with Crippen LogP contribution in [0.5, 0.6) is 0 Å². The number of aromatic nitrogens is 5. The van der Waals surface area contributed by atoms with Gasteiger partial charge < -0.3 is 0 Å². The zero-order valence-electron chi connectivity index (χ0n) is 16.9. The molecule has 1 saturated carbocycles. The highest BCUT2D eigenvalue weighted by Gasteiger charge is 2.32. The first-order valence-electron chi connectivity index (χ1n) is 10.3. The molecule has 4 aromatic heterocycles. The third-order valence-corrected chi connectivity index (χ3v) is 5.77. The van der Waals surface area contributed by atoms with Gasteiger partial charge in [-0.15, -0.1) is 0 Å². The Morgan fingerprint density at radius 2 is 1.81 bits per heavy atom. The lowest BCUT2D eigenvalue weighted by Gasteiger charge is -2.15. The van der Waals surface area contributed by atoms with E-state index in [1.54, 1.807) is 41.5 Å². The predicted octanol–water partition coefficient (Wildman–Crippen LogP) is 5.05. The summed E-state index contributed by atoms with van der Waals surface area (Å²) >= 11 is 0. The van der Waals surface area contributed by atoms with Gasteiger partial charge in [0.1, 0.15) is 11.2 Å².